The highest BCUT2D eigenvalue weighted by atomic mass is 35.5. The van der Waals surface area contributed by atoms with Gasteiger partial charge in [-0.15, -0.1) is 12.4 Å². The Morgan fingerprint density at radius 2 is 2.23 bits per heavy atom. The average molecular weight is 337 g/mol. The molecule has 1 atom stereocenters. The maximum atomic E-state index is 13.1. The molecule has 8 heteroatoms. The summed E-state index contributed by atoms with van der Waals surface area (Å²) in [5.41, 5.74) is 0.689. The third kappa shape index (κ3) is 4.20. The van der Waals surface area contributed by atoms with E-state index in [1.807, 2.05) is 0 Å². The summed E-state index contributed by atoms with van der Waals surface area (Å²) in [6, 6.07) is 3.92. The van der Waals surface area contributed by atoms with Crippen molar-refractivity contribution in [1.82, 2.24) is 10.2 Å². The Morgan fingerprint density at radius 1 is 1.55 bits per heavy atom. The van der Waals surface area contributed by atoms with Crippen molar-refractivity contribution in [3.05, 3.63) is 23.8 Å². The van der Waals surface area contributed by atoms with Gasteiger partial charge in [0, 0.05) is 20.0 Å². The van der Waals surface area contributed by atoms with E-state index in [9.17, 15) is 18.7 Å². The van der Waals surface area contributed by atoms with Crippen LogP contribution in [0.2, 0.25) is 0 Å². The van der Waals surface area contributed by atoms with Crippen LogP contribution in [0.15, 0.2) is 18.2 Å². The molecule has 5 nitrogen and oxygen atoms in total. The number of benzene rings is 1. The first-order valence-electron chi connectivity index (χ1n) is 6.54. The predicted molar refractivity (Wildman–Crippen MR) is 79.7 cm³/mol. The zero-order chi connectivity index (χ0) is 15.6. The fourth-order valence-electron chi connectivity index (χ4n) is 2.34. The monoisotopic (exact) mass is 336 g/mol. The number of amides is 1. The summed E-state index contributed by atoms with van der Waals surface area (Å²) < 4.78 is 31.1. The van der Waals surface area contributed by atoms with Crippen LogP contribution in [0, 0.1) is 0 Å². The van der Waals surface area contributed by atoms with Crippen LogP contribution in [0.3, 0.4) is 0 Å². The molecule has 0 radical (unpaired) electrons. The Balaban J connectivity index is 0.00000242. The zero-order valence-corrected chi connectivity index (χ0v) is 13.1. The van der Waals surface area contributed by atoms with E-state index in [0.717, 1.165) is 0 Å². The number of ether oxygens (including phenoxy) is 1. The number of phenols is 1. The van der Waals surface area contributed by atoms with E-state index in [4.69, 9.17) is 4.74 Å². The molecule has 1 aromatic rings. The van der Waals surface area contributed by atoms with Crippen LogP contribution in [0.5, 0.6) is 11.5 Å². The summed E-state index contributed by atoms with van der Waals surface area (Å²) in [5, 5.41) is 12.2. The van der Waals surface area contributed by atoms with Gasteiger partial charge in [0.15, 0.2) is 11.5 Å². The van der Waals surface area contributed by atoms with Gasteiger partial charge >= 0.3 is 0 Å². The number of alkyl halides is 2. The summed E-state index contributed by atoms with van der Waals surface area (Å²) in [7, 11) is 2.98. The van der Waals surface area contributed by atoms with Gasteiger partial charge in [0.05, 0.1) is 19.7 Å². The highest BCUT2D eigenvalue weighted by Gasteiger charge is 2.43. The molecule has 0 saturated carbocycles. The van der Waals surface area contributed by atoms with Crippen LogP contribution in [-0.2, 0) is 11.3 Å². The second-order valence-corrected chi connectivity index (χ2v) is 5.19. The van der Waals surface area contributed by atoms with Crippen molar-refractivity contribution >= 4 is 18.3 Å². The van der Waals surface area contributed by atoms with Gasteiger partial charge in [-0.05, 0) is 17.7 Å². The van der Waals surface area contributed by atoms with Gasteiger partial charge in [0.2, 0.25) is 5.91 Å². The first-order valence-corrected chi connectivity index (χ1v) is 6.54. The molecule has 1 fully saturated rings. The molecular weight excluding hydrogens is 318 g/mol. The van der Waals surface area contributed by atoms with E-state index in [0.29, 0.717) is 11.3 Å². The fourth-order valence-corrected chi connectivity index (χ4v) is 2.34. The third-order valence-electron chi connectivity index (χ3n) is 3.45. The minimum Gasteiger partial charge on any atom is -0.504 e. The lowest BCUT2D eigenvalue weighted by molar-refractivity contribution is -0.132. The second-order valence-electron chi connectivity index (χ2n) is 5.19. The van der Waals surface area contributed by atoms with Crippen molar-refractivity contribution in [3.63, 3.8) is 0 Å². The number of methoxy groups -OCH3 is 1. The van der Waals surface area contributed by atoms with Gasteiger partial charge in [0.1, 0.15) is 0 Å². The molecule has 1 unspecified atom stereocenters. The van der Waals surface area contributed by atoms with Gasteiger partial charge in [-0.25, -0.2) is 8.78 Å². The number of aromatic hydroxyl groups is 1. The standard InChI is InChI=1S/C14H18F2N2O3.ClH/c1-18(13(20)10-6-14(15,16)8-17-10)7-9-3-4-12(21-2)11(19)5-9;/h3-5,10,17,19H,6-8H2,1-2H3;1H. The number of halogens is 3. The molecule has 124 valence electrons. The number of hydrogen-bond donors (Lipinski definition) is 2. The topological polar surface area (TPSA) is 61.8 Å². The number of hydrogen-bond acceptors (Lipinski definition) is 4. The molecule has 0 aromatic heterocycles. The number of phenolic OH excluding ortho intramolecular Hbond substituents is 1. The number of rotatable bonds is 4. The molecule has 1 aromatic carbocycles. The molecule has 1 aliphatic heterocycles. The van der Waals surface area contributed by atoms with Gasteiger partial charge in [-0.3, -0.25) is 10.1 Å². The van der Waals surface area contributed by atoms with Crippen LogP contribution < -0.4 is 10.1 Å². The second kappa shape index (κ2) is 7.11. The van der Waals surface area contributed by atoms with E-state index >= 15 is 0 Å². The normalized spacial score (nSPS) is 19.4. The number of carbonyl (C=O) groups is 1. The van der Waals surface area contributed by atoms with Gasteiger partial charge in [0.25, 0.3) is 5.92 Å². The Labute approximate surface area is 133 Å². The molecule has 0 spiro atoms. The maximum absolute atomic E-state index is 13.1. The molecular formula is C14H19ClF2N2O3. The highest BCUT2D eigenvalue weighted by Crippen LogP contribution is 2.28. The minimum absolute atomic E-state index is 0. The van der Waals surface area contributed by atoms with E-state index in [-0.39, 0.29) is 30.6 Å². The average Bonchev–Trinajstić information content (AvgIpc) is 2.78. The largest absolute Gasteiger partial charge is 0.504 e. The molecule has 1 aliphatic rings. The van der Waals surface area contributed by atoms with Crippen molar-refractivity contribution in [1.29, 1.82) is 0 Å². The lowest BCUT2D eigenvalue weighted by Crippen LogP contribution is -2.41. The molecule has 0 bridgehead atoms. The molecule has 0 aliphatic carbocycles. The van der Waals surface area contributed by atoms with Crippen LogP contribution in [0.4, 0.5) is 8.78 Å². The van der Waals surface area contributed by atoms with Gasteiger partial charge < -0.3 is 14.7 Å². The van der Waals surface area contributed by atoms with Crippen molar-refractivity contribution in [3.8, 4) is 11.5 Å². The molecule has 2 rings (SSSR count). The number of nitrogens with one attached hydrogen (secondary N) is 1. The lowest BCUT2D eigenvalue weighted by Gasteiger charge is -2.21. The molecule has 1 saturated heterocycles. The number of carbonyl (C=O) groups excluding carboxylic acids is 1. The van der Waals surface area contributed by atoms with E-state index < -0.39 is 24.9 Å². The Bertz CT molecular complexity index is 543. The summed E-state index contributed by atoms with van der Waals surface area (Å²) in [5.74, 6) is -2.91. The number of likely N-dealkylation sites (N-methyl/N-ethyl adjacent to an activating group) is 1. The molecule has 1 amide bonds. The first-order chi connectivity index (χ1) is 9.82. The third-order valence-corrected chi connectivity index (χ3v) is 3.45. The van der Waals surface area contributed by atoms with E-state index in [1.54, 1.807) is 19.2 Å². The number of nitrogens with zero attached hydrogens (tertiary/aromatic N) is 1. The summed E-state index contributed by atoms with van der Waals surface area (Å²) >= 11 is 0. The highest BCUT2D eigenvalue weighted by molar-refractivity contribution is 5.85. The molecule has 22 heavy (non-hydrogen) atoms. The minimum atomic E-state index is -2.83. The smallest absolute Gasteiger partial charge is 0.262 e. The first kappa shape index (κ1) is 18.4. The van der Waals surface area contributed by atoms with Crippen LogP contribution in [0.25, 0.3) is 0 Å². The summed E-state index contributed by atoms with van der Waals surface area (Å²) in [6.07, 6.45) is -0.482. The summed E-state index contributed by atoms with van der Waals surface area (Å²) in [4.78, 5) is 13.4. The van der Waals surface area contributed by atoms with E-state index in [1.165, 1.54) is 18.1 Å². The Kier molecular flexibility index (Phi) is 5.96. The van der Waals surface area contributed by atoms with Crippen molar-refractivity contribution < 1.29 is 23.4 Å². The van der Waals surface area contributed by atoms with Crippen molar-refractivity contribution in [2.45, 2.75) is 24.9 Å². The summed E-state index contributed by atoms with van der Waals surface area (Å²) in [6.45, 7) is -0.249. The zero-order valence-electron chi connectivity index (χ0n) is 12.3. The SMILES string of the molecule is COc1ccc(CN(C)C(=O)C2CC(F)(F)CN2)cc1O.Cl. The van der Waals surface area contributed by atoms with Crippen LogP contribution in [-0.4, -0.2) is 48.6 Å². The molecule has 2 N–H and O–H groups in total. The predicted octanol–water partition coefficient (Wildman–Crippen LogP) is 1.78. The van der Waals surface area contributed by atoms with Crippen LogP contribution in [0.1, 0.15) is 12.0 Å². The van der Waals surface area contributed by atoms with Crippen molar-refractivity contribution in [2.75, 3.05) is 20.7 Å². The van der Waals surface area contributed by atoms with Crippen LogP contribution >= 0.6 is 12.4 Å². The fraction of sp³-hybridized carbons (Fsp3) is 0.500. The van der Waals surface area contributed by atoms with Gasteiger partial charge in [-0.2, -0.15) is 0 Å². The van der Waals surface area contributed by atoms with Gasteiger partial charge in [-0.1, -0.05) is 6.07 Å². The Hall–Kier alpha value is -1.60. The quantitative estimate of drug-likeness (QED) is 0.880. The Morgan fingerprint density at radius 3 is 2.73 bits per heavy atom. The molecule has 1 heterocycles. The maximum Gasteiger partial charge on any atom is 0.262 e. The lowest BCUT2D eigenvalue weighted by atomic mass is 10.1. The van der Waals surface area contributed by atoms with Crippen molar-refractivity contribution in [2.24, 2.45) is 0 Å². The van der Waals surface area contributed by atoms with E-state index in [2.05, 4.69) is 5.32 Å².